The first kappa shape index (κ1) is 29.8. The van der Waals surface area contributed by atoms with E-state index in [0.717, 1.165) is 41.5 Å². The molecule has 0 radical (unpaired) electrons. The second-order valence-electron chi connectivity index (χ2n) is 11.5. The number of amides is 2. The first-order valence-corrected chi connectivity index (χ1v) is 14.1. The predicted molar refractivity (Wildman–Crippen MR) is 159 cm³/mol. The summed E-state index contributed by atoms with van der Waals surface area (Å²) in [4.78, 5) is 17.2. The van der Waals surface area contributed by atoms with Gasteiger partial charge in [-0.2, -0.15) is 0 Å². The Bertz CT molecular complexity index is 1210. The molecule has 2 amide bonds. The Morgan fingerprint density at radius 1 is 0.925 bits per heavy atom. The van der Waals surface area contributed by atoms with E-state index in [4.69, 9.17) is 23.5 Å². The molecule has 2 aliphatic rings. The zero-order valence-electron chi connectivity index (χ0n) is 25.0. The van der Waals surface area contributed by atoms with E-state index < -0.39 is 18.3 Å². The van der Waals surface area contributed by atoms with Gasteiger partial charge in [0, 0.05) is 23.9 Å². The smallest absolute Gasteiger partial charge is 0.494 e. The molecule has 0 atom stereocenters. The number of carbonyl (C=O) groups is 1. The quantitative estimate of drug-likeness (QED) is 0.207. The van der Waals surface area contributed by atoms with Gasteiger partial charge in [0.05, 0.1) is 45.1 Å². The summed E-state index contributed by atoms with van der Waals surface area (Å²) in [5, 5.41) is 0. The molecule has 0 N–H and O–H groups in total. The number of nitrogens with zero attached hydrogens (tertiary/aromatic N) is 2. The molecule has 0 spiro atoms. The number of hydrogen-bond acceptors (Lipinski definition) is 6. The van der Waals surface area contributed by atoms with Crippen molar-refractivity contribution in [1.82, 2.24) is 4.90 Å². The number of hydrogen-bond donors (Lipinski definition) is 0. The topological polar surface area (TPSA) is 69.7 Å². The van der Waals surface area contributed by atoms with Gasteiger partial charge in [0.2, 0.25) is 0 Å². The highest BCUT2D eigenvalue weighted by Crippen LogP contribution is 2.37. The number of unbranched alkanes of at least 4 members (excludes halogenated alkanes) is 2. The van der Waals surface area contributed by atoms with Crippen LogP contribution in [0.2, 0.25) is 0 Å². The first-order chi connectivity index (χ1) is 19.0. The predicted octanol–water partition coefficient (Wildman–Crippen LogP) is 5.57. The molecular formula is C31H43BN2O6. The lowest BCUT2D eigenvalue weighted by molar-refractivity contribution is 0.00578. The number of ether oxygens (including phenoxy) is 3. The summed E-state index contributed by atoms with van der Waals surface area (Å²) in [5.41, 5.74) is 2.57. The van der Waals surface area contributed by atoms with E-state index >= 15 is 0 Å². The molecule has 8 nitrogen and oxygen atoms in total. The van der Waals surface area contributed by atoms with Crippen LogP contribution >= 0.6 is 0 Å². The summed E-state index contributed by atoms with van der Waals surface area (Å²) in [6, 6.07) is 11.4. The normalized spacial score (nSPS) is 18.3. The second kappa shape index (κ2) is 12.1. The SMILES string of the molecule is C=C1CN(Cc2ccc(B3OC(C)(C)C(C)(C)O3)cc2OC)C(=O)N(c2ccc(OC)c(OCCCCC)c2)C1. The van der Waals surface area contributed by atoms with Crippen LogP contribution in [0.3, 0.4) is 0 Å². The average molecular weight is 551 g/mol. The van der Waals surface area contributed by atoms with Crippen LogP contribution < -0.4 is 24.6 Å². The fraction of sp³-hybridized carbons (Fsp3) is 0.516. The maximum Gasteiger partial charge on any atom is 0.494 e. The Morgan fingerprint density at radius 3 is 2.27 bits per heavy atom. The zero-order valence-corrected chi connectivity index (χ0v) is 25.0. The average Bonchev–Trinajstić information content (AvgIpc) is 3.14. The van der Waals surface area contributed by atoms with E-state index in [9.17, 15) is 4.79 Å². The molecule has 40 heavy (non-hydrogen) atoms. The maximum atomic E-state index is 13.7. The van der Waals surface area contributed by atoms with Gasteiger partial charge in [-0.1, -0.05) is 38.5 Å². The minimum absolute atomic E-state index is 0.105. The monoisotopic (exact) mass is 550 g/mol. The molecule has 2 heterocycles. The molecule has 0 bridgehead atoms. The third-order valence-electron chi connectivity index (χ3n) is 7.96. The van der Waals surface area contributed by atoms with Crippen LogP contribution in [0.15, 0.2) is 48.6 Å². The zero-order chi connectivity index (χ0) is 29.1. The molecule has 2 aliphatic heterocycles. The summed E-state index contributed by atoms with van der Waals surface area (Å²) in [6.07, 6.45) is 3.18. The van der Waals surface area contributed by atoms with Gasteiger partial charge in [-0.25, -0.2) is 4.79 Å². The lowest BCUT2D eigenvalue weighted by Gasteiger charge is -2.37. The number of urea groups is 1. The number of anilines is 1. The maximum absolute atomic E-state index is 13.7. The van der Waals surface area contributed by atoms with Crippen molar-refractivity contribution in [2.45, 2.75) is 71.6 Å². The van der Waals surface area contributed by atoms with E-state index in [2.05, 4.69) is 13.5 Å². The van der Waals surface area contributed by atoms with Crippen LogP contribution in [0.25, 0.3) is 0 Å². The Morgan fingerprint density at radius 2 is 1.62 bits per heavy atom. The molecule has 2 saturated heterocycles. The van der Waals surface area contributed by atoms with Crippen molar-refractivity contribution in [3.05, 3.63) is 54.1 Å². The van der Waals surface area contributed by atoms with Crippen molar-refractivity contribution in [1.29, 1.82) is 0 Å². The van der Waals surface area contributed by atoms with E-state index in [1.54, 1.807) is 24.0 Å². The Balaban J connectivity index is 1.52. The number of benzene rings is 2. The van der Waals surface area contributed by atoms with Gasteiger partial charge in [-0.15, -0.1) is 0 Å². The van der Waals surface area contributed by atoms with E-state index in [0.29, 0.717) is 43.5 Å². The molecular weight excluding hydrogens is 507 g/mol. The van der Waals surface area contributed by atoms with Gasteiger partial charge < -0.3 is 28.4 Å². The highest BCUT2D eigenvalue weighted by molar-refractivity contribution is 6.62. The molecule has 216 valence electrons. The minimum atomic E-state index is -0.492. The fourth-order valence-electron chi connectivity index (χ4n) is 4.88. The summed E-state index contributed by atoms with van der Waals surface area (Å²) in [5.74, 6) is 1.95. The van der Waals surface area contributed by atoms with Gasteiger partial charge in [0.15, 0.2) is 11.5 Å². The molecule has 4 rings (SSSR count). The van der Waals surface area contributed by atoms with E-state index in [-0.39, 0.29) is 6.03 Å². The van der Waals surface area contributed by atoms with Gasteiger partial charge >= 0.3 is 13.1 Å². The van der Waals surface area contributed by atoms with Crippen molar-refractivity contribution >= 4 is 24.3 Å². The first-order valence-electron chi connectivity index (χ1n) is 14.1. The highest BCUT2D eigenvalue weighted by Gasteiger charge is 2.51. The fourth-order valence-corrected chi connectivity index (χ4v) is 4.88. The Labute approximate surface area is 239 Å². The number of rotatable bonds is 11. The largest absolute Gasteiger partial charge is 0.496 e. The summed E-state index contributed by atoms with van der Waals surface area (Å²) >= 11 is 0. The van der Waals surface area contributed by atoms with Gasteiger partial charge in [0.25, 0.3) is 0 Å². The standard InChI is InChI=1S/C31H43BN2O6/c1-9-10-11-16-38-28-18-25(14-15-26(28)36-7)34-20-22(2)19-33(29(34)35)21-23-12-13-24(17-27(23)37-8)32-39-30(3,4)31(5,6)40-32/h12-15,17-18H,2,9-11,16,19-21H2,1,3-8H3. The lowest BCUT2D eigenvalue weighted by Crippen LogP contribution is -2.50. The van der Waals surface area contributed by atoms with Crippen molar-refractivity contribution in [2.24, 2.45) is 0 Å². The van der Waals surface area contributed by atoms with Crippen LogP contribution in [-0.4, -0.2) is 63.2 Å². The van der Waals surface area contributed by atoms with E-state index in [1.165, 1.54) is 0 Å². The van der Waals surface area contributed by atoms with Crippen LogP contribution in [0, 0.1) is 0 Å². The molecule has 0 aliphatic carbocycles. The van der Waals surface area contributed by atoms with Crippen molar-refractivity contribution in [3.8, 4) is 17.2 Å². The van der Waals surface area contributed by atoms with Gasteiger partial charge in [0.1, 0.15) is 5.75 Å². The third kappa shape index (κ3) is 6.26. The molecule has 0 saturated carbocycles. The van der Waals surface area contributed by atoms with Crippen LogP contribution in [0.4, 0.5) is 10.5 Å². The summed E-state index contributed by atoms with van der Waals surface area (Å²) in [7, 11) is 2.76. The summed E-state index contributed by atoms with van der Waals surface area (Å²) < 4.78 is 29.7. The molecule has 0 unspecified atom stereocenters. The molecule has 9 heteroatoms. The molecule has 2 fully saturated rings. The molecule has 2 aromatic rings. The van der Waals surface area contributed by atoms with Crippen molar-refractivity contribution in [3.63, 3.8) is 0 Å². The Hall–Kier alpha value is -3.17. The van der Waals surface area contributed by atoms with Gasteiger partial charge in [-0.05, 0) is 63.4 Å². The molecule has 2 aromatic carbocycles. The number of carbonyl (C=O) groups excluding carboxylic acids is 1. The lowest BCUT2D eigenvalue weighted by atomic mass is 9.78. The van der Waals surface area contributed by atoms with Crippen molar-refractivity contribution < 1.29 is 28.3 Å². The second-order valence-corrected chi connectivity index (χ2v) is 11.5. The van der Waals surface area contributed by atoms with Crippen LogP contribution in [0.5, 0.6) is 17.2 Å². The molecule has 0 aromatic heterocycles. The Kier molecular flexibility index (Phi) is 9.05. The van der Waals surface area contributed by atoms with Crippen LogP contribution in [0.1, 0.15) is 59.4 Å². The van der Waals surface area contributed by atoms with Crippen LogP contribution in [-0.2, 0) is 15.9 Å². The summed E-state index contributed by atoms with van der Waals surface area (Å²) in [6.45, 7) is 16.4. The van der Waals surface area contributed by atoms with E-state index in [1.807, 2.05) is 64.1 Å². The highest BCUT2D eigenvalue weighted by atomic mass is 16.7. The minimum Gasteiger partial charge on any atom is -0.496 e. The van der Waals surface area contributed by atoms with Crippen molar-refractivity contribution in [2.75, 3.05) is 38.8 Å². The van der Waals surface area contributed by atoms with Gasteiger partial charge in [-0.3, -0.25) is 4.90 Å². The number of methoxy groups -OCH3 is 2. The third-order valence-corrected chi connectivity index (χ3v) is 7.96.